The maximum Gasteiger partial charge on any atom is 0.214 e. The molecule has 0 aromatic rings. The van der Waals surface area contributed by atoms with Crippen molar-refractivity contribution in [3.8, 4) is 0 Å². The molecule has 0 aromatic heterocycles. The largest absolute Gasteiger partial charge is 0.316 e. The van der Waals surface area contributed by atoms with Gasteiger partial charge in [-0.2, -0.15) is 0 Å². The molecule has 88 valence electrons. The number of hydrogen-bond acceptors (Lipinski definition) is 3. The van der Waals surface area contributed by atoms with Crippen LogP contribution in [0.25, 0.3) is 0 Å². The second-order valence-electron chi connectivity index (χ2n) is 4.06. The van der Waals surface area contributed by atoms with Gasteiger partial charge in [0.25, 0.3) is 0 Å². The van der Waals surface area contributed by atoms with Crippen LogP contribution in [0.5, 0.6) is 0 Å². The van der Waals surface area contributed by atoms with Crippen LogP contribution in [-0.2, 0) is 10.0 Å². The summed E-state index contributed by atoms with van der Waals surface area (Å²) in [7, 11) is -1.50. The zero-order valence-electron chi connectivity index (χ0n) is 9.28. The molecule has 1 atom stereocenters. The Labute approximate surface area is 92.4 Å². The van der Waals surface area contributed by atoms with Gasteiger partial charge >= 0.3 is 0 Å². The third-order valence-electron chi connectivity index (χ3n) is 2.71. The van der Waals surface area contributed by atoms with Gasteiger partial charge in [0.15, 0.2) is 0 Å². The third kappa shape index (κ3) is 3.93. The Morgan fingerprint density at radius 3 is 2.87 bits per heavy atom. The summed E-state index contributed by atoms with van der Waals surface area (Å²) in [6.07, 6.45) is 3.69. The Morgan fingerprint density at radius 2 is 2.33 bits per heavy atom. The van der Waals surface area contributed by atoms with Gasteiger partial charge in [0.05, 0.1) is 5.75 Å². The molecule has 1 aliphatic heterocycles. The number of nitrogens with zero attached hydrogens (tertiary/aromatic N) is 1. The molecule has 1 heterocycles. The fourth-order valence-electron chi connectivity index (χ4n) is 1.79. The van der Waals surface area contributed by atoms with E-state index in [4.69, 9.17) is 0 Å². The predicted molar refractivity (Wildman–Crippen MR) is 62.2 cm³/mol. The van der Waals surface area contributed by atoms with Crippen molar-refractivity contribution in [3.63, 3.8) is 0 Å². The minimum Gasteiger partial charge on any atom is -0.316 e. The molecule has 5 heteroatoms. The van der Waals surface area contributed by atoms with Crippen molar-refractivity contribution in [1.29, 1.82) is 0 Å². The minimum absolute atomic E-state index is 0.254. The molecule has 1 saturated heterocycles. The van der Waals surface area contributed by atoms with Crippen LogP contribution in [0.4, 0.5) is 0 Å². The molecule has 1 fully saturated rings. The molecule has 1 rings (SSSR count). The molecule has 0 saturated carbocycles. The fourth-order valence-corrected chi connectivity index (χ4v) is 3.25. The van der Waals surface area contributed by atoms with Gasteiger partial charge in [0.2, 0.25) is 10.0 Å². The van der Waals surface area contributed by atoms with Gasteiger partial charge in [-0.3, -0.25) is 0 Å². The van der Waals surface area contributed by atoms with E-state index in [1.165, 1.54) is 4.31 Å². The lowest BCUT2D eigenvalue weighted by molar-refractivity contribution is 0.395. The number of sulfonamides is 1. The van der Waals surface area contributed by atoms with Crippen LogP contribution < -0.4 is 5.32 Å². The first kappa shape index (κ1) is 12.7. The Hall–Kier alpha value is -0.390. The highest BCUT2D eigenvalue weighted by Gasteiger charge is 2.23. The van der Waals surface area contributed by atoms with Crippen LogP contribution in [-0.4, -0.2) is 45.2 Å². The number of likely N-dealkylation sites (N-methyl/N-ethyl adjacent to an activating group) is 1. The molecule has 0 bridgehead atoms. The van der Waals surface area contributed by atoms with Gasteiger partial charge in [-0.1, -0.05) is 6.08 Å². The first-order chi connectivity index (χ1) is 7.06. The van der Waals surface area contributed by atoms with E-state index in [1.807, 2.05) is 0 Å². The lowest BCUT2D eigenvalue weighted by atomic mass is 10.0. The van der Waals surface area contributed by atoms with E-state index >= 15 is 0 Å². The molecular weight excluding hydrogens is 212 g/mol. The van der Waals surface area contributed by atoms with Crippen molar-refractivity contribution < 1.29 is 8.42 Å². The van der Waals surface area contributed by atoms with Crippen molar-refractivity contribution in [2.45, 2.75) is 12.8 Å². The first-order valence-corrected chi connectivity index (χ1v) is 6.93. The van der Waals surface area contributed by atoms with Crippen LogP contribution in [0.3, 0.4) is 0 Å². The number of hydrogen-bond donors (Lipinski definition) is 1. The molecule has 0 radical (unpaired) electrons. The maximum atomic E-state index is 11.8. The van der Waals surface area contributed by atoms with Gasteiger partial charge in [-0.05, 0) is 31.8 Å². The first-order valence-electron chi connectivity index (χ1n) is 5.32. The van der Waals surface area contributed by atoms with E-state index in [1.54, 1.807) is 13.1 Å². The van der Waals surface area contributed by atoms with Crippen molar-refractivity contribution in [2.75, 3.05) is 32.4 Å². The summed E-state index contributed by atoms with van der Waals surface area (Å²) in [5, 5.41) is 3.23. The second kappa shape index (κ2) is 5.63. The Kier molecular flexibility index (Phi) is 4.76. The molecule has 15 heavy (non-hydrogen) atoms. The maximum absolute atomic E-state index is 11.8. The lowest BCUT2D eigenvalue weighted by Crippen LogP contribution is -2.38. The molecule has 0 amide bonds. The zero-order chi connectivity index (χ0) is 11.3. The predicted octanol–water partition coefficient (Wildman–Crippen LogP) is 0.434. The van der Waals surface area contributed by atoms with E-state index in [-0.39, 0.29) is 11.7 Å². The minimum atomic E-state index is -3.10. The van der Waals surface area contributed by atoms with Gasteiger partial charge in [0, 0.05) is 13.6 Å². The quantitative estimate of drug-likeness (QED) is 0.700. The van der Waals surface area contributed by atoms with E-state index in [9.17, 15) is 8.42 Å². The highest BCUT2D eigenvalue weighted by molar-refractivity contribution is 7.89. The highest BCUT2D eigenvalue weighted by Crippen LogP contribution is 2.14. The summed E-state index contributed by atoms with van der Waals surface area (Å²) >= 11 is 0. The average Bonchev–Trinajstić information content (AvgIpc) is 2.19. The Morgan fingerprint density at radius 1 is 1.60 bits per heavy atom. The molecular formula is C10H20N2O2S. The topological polar surface area (TPSA) is 49.4 Å². The van der Waals surface area contributed by atoms with Crippen molar-refractivity contribution in [2.24, 2.45) is 5.92 Å². The van der Waals surface area contributed by atoms with Crippen LogP contribution in [0, 0.1) is 5.92 Å². The molecule has 1 unspecified atom stereocenters. The van der Waals surface area contributed by atoms with Gasteiger partial charge in [0.1, 0.15) is 0 Å². The Balaban J connectivity index is 2.50. The average molecular weight is 232 g/mol. The SMILES string of the molecule is C=CCN(C)S(=O)(=O)CC1CCCNC1. The van der Waals surface area contributed by atoms with Crippen LogP contribution in [0.15, 0.2) is 12.7 Å². The molecule has 4 nitrogen and oxygen atoms in total. The fraction of sp³-hybridized carbons (Fsp3) is 0.800. The summed E-state index contributed by atoms with van der Waals surface area (Å²) in [5.41, 5.74) is 0. The Bertz CT molecular complexity index is 295. The monoisotopic (exact) mass is 232 g/mol. The third-order valence-corrected chi connectivity index (χ3v) is 4.70. The normalized spacial score (nSPS) is 22.9. The lowest BCUT2D eigenvalue weighted by Gasteiger charge is -2.24. The van der Waals surface area contributed by atoms with Crippen LogP contribution in [0.1, 0.15) is 12.8 Å². The summed E-state index contributed by atoms with van der Waals surface area (Å²) in [6, 6.07) is 0. The van der Waals surface area contributed by atoms with Gasteiger partial charge in [-0.15, -0.1) is 6.58 Å². The summed E-state index contributed by atoms with van der Waals surface area (Å²) in [4.78, 5) is 0. The van der Waals surface area contributed by atoms with Crippen molar-refractivity contribution in [1.82, 2.24) is 9.62 Å². The number of rotatable bonds is 5. The highest BCUT2D eigenvalue weighted by atomic mass is 32.2. The smallest absolute Gasteiger partial charge is 0.214 e. The van der Waals surface area contributed by atoms with Crippen LogP contribution in [0.2, 0.25) is 0 Å². The van der Waals surface area contributed by atoms with Gasteiger partial charge in [-0.25, -0.2) is 12.7 Å². The molecule has 0 aromatic carbocycles. The van der Waals surface area contributed by atoms with E-state index in [0.717, 1.165) is 25.9 Å². The second-order valence-corrected chi connectivity index (χ2v) is 6.18. The van der Waals surface area contributed by atoms with Gasteiger partial charge < -0.3 is 5.32 Å². The van der Waals surface area contributed by atoms with Crippen molar-refractivity contribution in [3.05, 3.63) is 12.7 Å². The van der Waals surface area contributed by atoms with E-state index < -0.39 is 10.0 Å². The summed E-state index contributed by atoms with van der Waals surface area (Å²) in [6.45, 7) is 5.77. The van der Waals surface area contributed by atoms with Crippen LogP contribution >= 0.6 is 0 Å². The molecule has 0 spiro atoms. The zero-order valence-corrected chi connectivity index (χ0v) is 10.1. The number of piperidine rings is 1. The summed E-state index contributed by atoms with van der Waals surface area (Å²) in [5.74, 6) is 0.515. The van der Waals surface area contributed by atoms with Crippen molar-refractivity contribution >= 4 is 10.0 Å². The number of nitrogens with one attached hydrogen (secondary N) is 1. The molecule has 1 N–H and O–H groups in total. The summed E-state index contributed by atoms with van der Waals surface area (Å²) < 4.78 is 25.0. The molecule has 0 aliphatic carbocycles. The standard InChI is InChI=1S/C10H20N2O2S/c1-3-7-12(2)15(13,14)9-10-5-4-6-11-8-10/h3,10-11H,1,4-9H2,2H3. The van der Waals surface area contributed by atoms with E-state index in [2.05, 4.69) is 11.9 Å². The molecule has 1 aliphatic rings. The van der Waals surface area contributed by atoms with E-state index in [0.29, 0.717) is 6.54 Å².